The molecule has 0 heterocycles. The third kappa shape index (κ3) is 1.82. The largest absolute Gasteiger partial charge is 0.417 e. The van der Waals surface area contributed by atoms with Crippen LogP contribution in [0.3, 0.4) is 0 Å². The first-order chi connectivity index (χ1) is 6.98. The molecule has 0 amide bonds. The monoisotopic (exact) mass is 210 g/mol. The van der Waals surface area contributed by atoms with Crippen LogP contribution in [-0.4, -0.2) is 0 Å². The lowest BCUT2D eigenvalue weighted by atomic mass is 10.0. The molecule has 0 saturated heterocycles. The molecule has 0 spiro atoms. The van der Waals surface area contributed by atoms with Gasteiger partial charge in [0.2, 0.25) is 0 Å². The molecule has 0 aliphatic carbocycles. The zero-order chi connectivity index (χ0) is 11.1. The fourth-order valence-corrected chi connectivity index (χ4v) is 1.70. The Kier molecular flexibility index (Phi) is 2.18. The van der Waals surface area contributed by atoms with E-state index in [2.05, 4.69) is 0 Å². The van der Waals surface area contributed by atoms with Crippen molar-refractivity contribution in [1.29, 1.82) is 0 Å². The summed E-state index contributed by atoms with van der Waals surface area (Å²) in [6.07, 6.45) is -4.29. The summed E-state index contributed by atoms with van der Waals surface area (Å²) in [5.74, 6) is 0. The van der Waals surface area contributed by atoms with Gasteiger partial charge >= 0.3 is 6.18 Å². The number of fused-ring (bicyclic) bond motifs is 1. The number of halogens is 3. The maximum Gasteiger partial charge on any atom is 0.417 e. The van der Waals surface area contributed by atoms with Crippen LogP contribution in [0.5, 0.6) is 0 Å². The number of hydrogen-bond acceptors (Lipinski definition) is 0. The minimum atomic E-state index is -4.29. The second-order valence-corrected chi connectivity index (χ2v) is 3.53. The molecule has 0 N–H and O–H groups in total. The minimum Gasteiger partial charge on any atom is -0.166 e. The normalized spacial score (nSPS) is 12.0. The molecule has 0 nitrogen and oxygen atoms in total. The van der Waals surface area contributed by atoms with Crippen molar-refractivity contribution in [2.24, 2.45) is 0 Å². The van der Waals surface area contributed by atoms with Crippen LogP contribution in [0.25, 0.3) is 10.8 Å². The summed E-state index contributed by atoms with van der Waals surface area (Å²) in [4.78, 5) is 0. The van der Waals surface area contributed by atoms with Crippen LogP contribution < -0.4 is 0 Å². The molecule has 3 heteroatoms. The summed E-state index contributed by atoms with van der Waals surface area (Å²) >= 11 is 0. The smallest absolute Gasteiger partial charge is 0.166 e. The van der Waals surface area contributed by atoms with Crippen molar-refractivity contribution in [2.45, 2.75) is 13.1 Å². The molecule has 15 heavy (non-hydrogen) atoms. The van der Waals surface area contributed by atoms with E-state index in [4.69, 9.17) is 0 Å². The number of rotatable bonds is 0. The fraction of sp³-hybridized carbons (Fsp3) is 0.167. The van der Waals surface area contributed by atoms with E-state index in [-0.39, 0.29) is 5.39 Å². The van der Waals surface area contributed by atoms with Crippen LogP contribution in [-0.2, 0) is 6.18 Å². The Hall–Kier alpha value is -1.51. The van der Waals surface area contributed by atoms with Crippen molar-refractivity contribution in [3.05, 3.63) is 47.5 Å². The van der Waals surface area contributed by atoms with Crippen molar-refractivity contribution >= 4 is 10.8 Å². The van der Waals surface area contributed by atoms with Crippen molar-refractivity contribution in [2.75, 3.05) is 0 Å². The molecule has 0 aliphatic rings. The molecule has 0 unspecified atom stereocenters. The number of benzene rings is 2. The van der Waals surface area contributed by atoms with Crippen molar-refractivity contribution in [3.63, 3.8) is 0 Å². The van der Waals surface area contributed by atoms with Crippen molar-refractivity contribution in [3.8, 4) is 0 Å². The lowest BCUT2D eigenvalue weighted by molar-refractivity contribution is -0.136. The molecule has 78 valence electrons. The topological polar surface area (TPSA) is 0 Å². The Labute approximate surface area is 85.3 Å². The molecule has 0 atom stereocenters. The Bertz CT molecular complexity index is 498. The first-order valence-electron chi connectivity index (χ1n) is 4.55. The van der Waals surface area contributed by atoms with E-state index in [1.807, 2.05) is 0 Å². The van der Waals surface area contributed by atoms with E-state index in [0.717, 1.165) is 0 Å². The summed E-state index contributed by atoms with van der Waals surface area (Å²) in [6, 6.07) is 9.48. The highest BCUT2D eigenvalue weighted by atomic mass is 19.4. The molecule has 0 aliphatic heterocycles. The molecule has 0 bridgehead atoms. The summed E-state index contributed by atoms with van der Waals surface area (Å²) in [5, 5.41) is 0.889. The van der Waals surface area contributed by atoms with E-state index >= 15 is 0 Å². The predicted octanol–water partition coefficient (Wildman–Crippen LogP) is 4.17. The lowest BCUT2D eigenvalue weighted by Gasteiger charge is -2.11. The van der Waals surface area contributed by atoms with Gasteiger partial charge in [0.15, 0.2) is 0 Å². The van der Waals surface area contributed by atoms with Gasteiger partial charge in [0.05, 0.1) is 5.56 Å². The second-order valence-electron chi connectivity index (χ2n) is 3.53. The van der Waals surface area contributed by atoms with E-state index < -0.39 is 11.7 Å². The van der Waals surface area contributed by atoms with Gasteiger partial charge in [0.1, 0.15) is 0 Å². The zero-order valence-electron chi connectivity index (χ0n) is 8.10. The van der Waals surface area contributed by atoms with Gasteiger partial charge in [-0.25, -0.2) is 0 Å². The van der Waals surface area contributed by atoms with Gasteiger partial charge in [-0.15, -0.1) is 0 Å². The van der Waals surface area contributed by atoms with Crippen LogP contribution in [0.2, 0.25) is 0 Å². The summed E-state index contributed by atoms with van der Waals surface area (Å²) in [6.45, 7) is 1.67. The van der Waals surface area contributed by atoms with E-state index in [1.165, 1.54) is 12.1 Å². The van der Waals surface area contributed by atoms with Gasteiger partial charge < -0.3 is 0 Å². The SMILES string of the molecule is Cc1cc(C(F)(F)F)c2ccccc2c1. The molecular weight excluding hydrogens is 201 g/mol. The number of hydrogen-bond donors (Lipinski definition) is 0. The van der Waals surface area contributed by atoms with E-state index in [1.54, 1.807) is 31.2 Å². The van der Waals surface area contributed by atoms with Crippen molar-refractivity contribution in [1.82, 2.24) is 0 Å². The van der Waals surface area contributed by atoms with Crippen LogP contribution >= 0.6 is 0 Å². The van der Waals surface area contributed by atoms with Gasteiger partial charge in [0.25, 0.3) is 0 Å². The zero-order valence-corrected chi connectivity index (χ0v) is 8.10. The Balaban J connectivity index is 2.83. The van der Waals surface area contributed by atoms with E-state index in [9.17, 15) is 13.2 Å². The highest BCUT2D eigenvalue weighted by Gasteiger charge is 2.32. The maximum absolute atomic E-state index is 12.7. The Morgan fingerprint density at radius 1 is 1.00 bits per heavy atom. The van der Waals surface area contributed by atoms with Crippen LogP contribution in [0.1, 0.15) is 11.1 Å². The van der Waals surface area contributed by atoms with Gasteiger partial charge in [-0.2, -0.15) is 13.2 Å². The minimum absolute atomic E-state index is 0.260. The number of aryl methyl sites for hydroxylation is 1. The molecule has 0 saturated carbocycles. The maximum atomic E-state index is 12.7. The highest BCUT2D eigenvalue weighted by molar-refractivity contribution is 5.86. The summed E-state index contributed by atoms with van der Waals surface area (Å²) in [7, 11) is 0. The summed E-state index contributed by atoms with van der Waals surface area (Å²) in [5.41, 5.74) is 0.0686. The first kappa shape index (κ1) is 10.0. The third-order valence-corrected chi connectivity index (χ3v) is 2.31. The van der Waals surface area contributed by atoms with Gasteiger partial charge in [-0.1, -0.05) is 30.3 Å². The Morgan fingerprint density at radius 3 is 2.33 bits per heavy atom. The predicted molar refractivity (Wildman–Crippen MR) is 53.7 cm³/mol. The molecule has 0 fully saturated rings. The molecule has 2 aromatic rings. The highest BCUT2D eigenvalue weighted by Crippen LogP contribution is 2.35. The molecule has 2 aromatic carbocycles. The quantitative estimate of drug-likeness (QED) is 0.612. The van der Waals surface area contributed by atoms with Gasteiger partial charge in [-0.05, 0) is 29.3 Å². The van der Waals surface area contributed by atoms with Crippen LogP contribution in [0, 0.1) is 6.92 Å². The second kappa shape index (κ2) is 3.26. The van der Waals surface area contributed by atoms with Crippen molar-refractivity contribution < 1.29 is 13.2 Å². The fourth-order valence-electron chi connectivity index (χ4n) is 1.70. The van der Waals surface area contributed by atoms with Gasteiger partial charge in [0, 0.05) is 0 Å². The average Bonchev–Trinajstić information content (AvgIpc) is 2.15. The molecule has 2 rings (SSSR count). The lowest BCUT2D eigenvalue weighted by Crippen LogP contribution is -2.06. The number of alkyl halides is 3. The standard InChI is InChI=1S/C12H9F3/c1-8-6-9-4-2-3-5-10(9)11(7-8)12(13,14)15/h2-7H,1H3. The van der Waals surface area contributed by atoms with E-state index in [0.29, 0.717) is 10.9 Å². The molecule has 0 radical (unpaired) electrons. The summed E-state index contributed by atoms with van der Waals surface area (Å²) < 4.78 is 38.1. The third-order valence-electron chi connectivity index (χ3n) is 2.31. The molecular formula is C12H9F3. The molecule has 0 aromatic heterocycles. The van der Waals surface area contributed by atoms with Crippen LogP contribution in [0.15, 0.2) is 36.4 Å². The Morgan fingerprint density at radius 2 is 1.67 bits per heavy atom. The van der Waals surface area contributed by atoms with Crippen LogP contribution in [0.4, 0.5) is 13.2 Å². The van der Waals surface area contributed by atoms with Gasteiger partial charge in [-0.3, -0.25) is 0 Å². The first-order valence-corrected chi connectivity index (χ1v) is 4.55. The average molecular weight is 210 g/mol.